The molecule has 126 valence electrons. The van der Waals surface area contributed by atoms with E-state index in [1.54, 1.807) is 0 Å². The lowest BCUT2D eigenvalue weighted by Crippen LogP contribution is -2.47. The topological polar surface area (TPSA) is 82.8 Å². The fourth-order valence-electron chi connectivity index (χ4n) is 3.31. The summed E-state index contributed by atoms with van der Waals surface area (Å²) in [4.78, 5) is 10.8. The summed E-state index contributed by atoms with van der Waals surface area (Å²) in [6.07, 6.45) is 3.90. The molecule has 2 fully saturated rings. The molecule has 6 nitrogen and oxygen atoms in total. The van der Waals surface area contributed by atoms with Crippen LogP contribution in [0, 0.1) is 0 Å². The van der Waals surface area contributed by atoms with Gasteiger partial charge in [0.05, 0.1) is 5.60 Å². The Morgan fingerprint density at radius 1 is 1.35 bits per heavy atom. The van der Waals surface area contributed by atoms with Gasteiger partial charge in [0, 0.05) is 37.6 Å². The summed E-state index contributed by atoms with van der Waals surface area (Å²) < 4.78 is 16.9. The van der Waals surface area contributed by atoms with Crippen molar-refractivity contribution >= 4 is 11.6 Å². The van der Waals surface area contributed by atoms with Crippen LogP contribution in [0.25, 0.3) is 0 Å². The third-order valence-corrected chi connectivity index (χ3v) is 4.48. The monoisotopic (exact) mass is 320 g/mol. The van der Waals surface area contributed by atoms with Gasteiger partial charge >= 0.3 is 0 Å². The van der Waals surface area contributed by atoms with E-state index in [0.717, 1.165) is 51.2 Å². The number of rotatable bonds is 5. The van der Waals surface area contributed by atoms with Crippen molar-refractivity contribution in [3.63, 3.8) is 0 Å². The molecule has 2 saturated heterocycles. The molecule has 2 aliphatic heterocycles. The summed E-state index contributed by atoms with van der Waals surface area (Å²) in [6, 6.07) is 7.99. The molecular formula is C17H24N2O4. The Bertz CT molecular complexity index is 538. The van der Waals surface area contributed by atoms with Crippen LogP contribution in [0.5, 0.6) is 5.75 Å². The molecule has 1 spiro atoms. The van der Waals surface area contributed by atoms with Crippen LogP contribution in [-0.2, 0) is 14.3 Å². The molecule has 0 bridgehead atoms. The van der Waals surface area contributed by atoms with Gasteiger partial charge in [-0.2, -0.15) is 0 Å². The van der Waals surface area contributed by atoms with Gasteiger partial charge in [-0.25, -0.2) is 0 Å². The molecule has 0 aromatic heterocycles. The second-order valence-corrected chi connectivity index (χ2v) is 6.26. The predicted octanol–water partition coefficient (Wildman–Crippen LogP) is 1.69. The van der Waals surface area contributed by atoms with Crippen LogP contribution >= 0.6 is 0 Å². The Morgan fingerprint density at radius 2 is 2.17 bits per heavy atom. The van der Waals surface area contributed by atoms with Gasteiger partial charge in [-0.15, -0.1) is 0 Å². The maximum Gasteiger partial charge on any atom is 0.255 e. The first-order valence-corrected chi connectivity index (χ1v) is 8.15. The van der Waals surface area contributed by atoms with E-state index < -0.39 is 5.91 Å². The van der Waals surface area contributed by atoms with Gasteiger partial charge in [-0.1, -0.05) is 6.07 Å². The molecule has 6 heteroatoms. The first-order chi connectivity index (χ1) is 11.2. The van der Waals surface area contributed by atoms with Crippen LogP contribution in [-0.4, -0.2) is 44.0 Å². The summed E-state index contributed by atoms with van der Waals surface area (Å²) in [5.74, 6) is 0.163. The second kappa shape index (κ2) is 7.19. The Labute approximate surface area is 136 Å². The van der Waals surface area contributed by atoms with Crippen LogP contribution in [0.15, 0.2) is 24.3 Å². The number of hydrogen-bond donors (Lipinski definition) is 2. The van der Waals surface area contributed by atoms with E-state index in [1.807, 2.05) is 24.3 Å². The highest BCUT2D eigenvalue weighted by molar-refractivity contribution is 5.75. The number of anilines is 1. The number of hydrogen-bond acceptors (Lipinski definition) is 5. The fraction of sp³-hybridized carbons (Fsp3) is 0.588. The average molecular weight is 320 g/mol. The Kier molecular flexibility index (Phi) is 5.03. The molecule has 0 saturated carbocycles. The zero-order valence-corrected chi connectivity index (χ0v) is 13.3. The van der Waals surface area contributed by atoms with Gasteiger partial charge in [0.2, 0.25) is 0 Å². The largest absolute Gasteiger partial charge is 0.484 e. The predicted molar refractivity (Wildman–Crippen MR) is 86.5 cm³/mol. The number of nitrogens with one attached hydrogen (secondary N) is 1. The average Bonchev–Trinajstić information content (AvgIpc) is 2.54. The smallest absolute Gasteiger partial charge is 0.255 e. The first-order valence-electron chi connectivity index (χ1n) is 8.15. The fourth-order valence-corrected chi connectivity index (χ4v) is 3.31. The third kappa shape index (κ3) is 4.36. The highest BCUT2D eigenvalue weighted by Gasteiger charge is 2.38. The Balaban J connectivity index is 1.60. The minimum atomic E-state index is -0.478. The maximum absolute atomic E-state index is 10.8. The third-order valence-electron chi connectivity index (χ3n) is 4.48. The molecular weight excluding hydrogens is 296 g/mol. The van der Waals surface area contributed by atoms with E-state index in [2.05, 4.69) is 5.32 Å². The van der Waals surface area contributed by atoms with Crippen molar-refractivity contribution in [2.24, 2.45) is 5.73 Å². The molecule has 3 N–H and O–H groups in total. The number of carbonyl (C=O) groups is 1. The van der Waals surface area contributed by atoms with Crippen molar-refractivity contribution < 1.29 is 19.0 Å². The van der Waals surface area contributed by atoms with Crippen molar-refractivity contribution in [1.29, 1.82) is 0 Å². The van der Waals surface area contributed by atoms with Gasteiger partial charge in [-0.3, -0.25) is 4.79 Å². The molecule has 2 aliphatic rings. The highest BCUT2D eigenvalue weighted by Crippen LogP contribution is 2.35. The zero-order valence-electron chi connectivity index (χ0n) is 13.3. The lowest BCUT2D eigenvalue weighted by Gasteiger charge is -2.43. The molecule has 1 amide bonds. The van der Waals surface area contributed by atoms with E-state index >= 15 is 0 Å². The van der Waals surface area contributed by atoms with Crippen LogP contribution < -0.4 is 15.8 Å². The number of amides is 1. The molecule has 1 aromatic rings. The molecule has 1 aromatic carbocycles. The Morgan fingerprint density at radius 3 is 2.96 bits per heavy atom. The van der Waals surface area contributed by atoms with Crippen LogP contribution in [0.3, 0.4) is 0 Å². The summed E-state index contributed by atoms with van der Waals surface area (Å²) >= 11 is 0. The number of nitrogens with two attached hydrogens (primary N) is 1. The van der Waals surface area contributed by atoms with E-state index in [1.165, 1.54) is 0 Å². The molecule has 0 aliphatic carbocycles. The van der Waals surface area contributed by atoms with Crippen molar-refractivity contribution in [3.8, 4) is 5.75 Å². The molecule has 1 atom stereocenters. The standard InChI is InChI=1S/C17H24N2O4/c18-16(20)12-22-15-3-1-2-13(10-15)19-14-4-7-23-17(11-14)5-8-21-9-6-17/h1-3,10,14,19H,4-9,11-12H2,(H2,18,20). The second-order valence-electron chi connectivity index (χ2n) is 6.26. The van der Waals surface area contributed by atoms with Crippen LogP contribution in [0.2, 0.25) is 0 Å². The summed E-state index contributed by atoms with van der Waals surface area (Å²) in [5.41, 5.74) is 6.06. The SMILES string of the molecule is NC(=O)COc1cccc(NC2CCOC3(CCOCC3)C2)c1. The van der Waals surface area contributed by atoms with E-state index in [4.69, 9.17) is 19.9 Å². The van der Waals surface area contributed by atoms with Crippen molar-refractivity contribution in [2.75, 3.05) is 31.7 Å². The van der Waals surface area contributed by atoms with Crippen molar-refractivity contribution in [1.82, 2.24) is 0 Å². The number of benzene rings is 1. The molecule has 1 unspecified atom stereocenters. The number of carbonyl (C=O) groups excluding carboxylic acids is 1. The van der Waals surface area contributed by atoms with Gasteiger partial charge < -0.3 is 25.3 Å². The van der Waals surface area contributed by atoms with Crippen LogP contribution in [0.4, 0.5) is 5.69 Å². The highest BCUT2D eigenvalue weighted by atomic mass is 16.5. The van der Waals surface area contributed by atoms with E-state index in [-0.39, 0.29) is 12.2 Å². The normalized spacial score (nSPS) is 23.4. The van der Waals surface area contributed by atoms with Crippen molar-refractivity contribution in [2.45, 2.75) is 37.3 Å². The van der Waals surface area contributed by atoms with Crippen molar-refractivity contribution in [3.05, 3.63) is 24.3 Å². The first kappa shape index (κ1) is 16.1. The number of ether oxygens (including phenoxy) is 3. The van der Waals surface area contributed by atoms with Gasteiger partial charge in [0.1, 0.15) is 5.75 Å². The summed E-state index contributed by atoms with van der Waals surface area (Å²) in [7, 11) is 0. The summed E-state index contributed by atoms with van der Waals surface area (Å²) in [5, 5.41) is 3.56. The Hall–Kier alpha value is -1.79. The zero-order chi connectivity index (χ0) is 16.1. The van der Waals surface area contributed by atoms with E-state index in [9.17, 15) is 4.79 Å². The minimum absolute atomic E-state index is 0.0335. The quantitative estimate of drug-likeness (QED) is 0.863. The molecule has 2 heterocycles. The maximum atomic E-state index is 10.8. The molecule has 3 rings (SSSR count). The number of primary amides is 1. The summed E-state index contributed by atoms with van der Waals surface area (Å²) in [6.45, 7) is 2.23. The van der Waals surface area contributed by atoms with Gasteiger partial charge in [-0.05, 0) is 37.8 Å². The van der Waals surface area contributed by atoms with Gasteiger partial charge in [0.25, 0.3) is 5.91 Å². The molecule has 23 heavy (non-hydrogen) atoms. The van der Waals surface area contributed by atoms with Gasteiger partial charge in [0.15, 0.2) is 6.61 Å². The van der Waals surface area contributed by atoms with E-state index in [0.29, 0.717) is 11.8 Å². The lowest BCUT2D eigenvalue weighted by molar-refractivity contribution is -0.135. The minimum Gasteiger partial charge on any atom is -0.484 e. The molecule has 0 radical (unpaired) electrons. The van der Waals surface area contributed by atoms with Crippen LogP contribution in [0.1, 0.15) is 25.7 Å². The lowest BCUT2D eigenvalue weighted by atomic mass is 9.84.